The molecule has 1 heterocycles. The maximum Gasteiger partial charge on any atom is 0.131 e. The Labute approximate surface area is 104 Å². The van der Waals surface area contributed by atoms with Gasteiger partial charge in [0.15, 0.2) is 0 Å². The summed E-state index contributed by atoms with van der Waals surface area (Å²) in [4.78, 5) is 7.32. The molecule has 0 atom stereocenters. The summed E-state index contributed by atoms with van der Waals surface area (Å²) in [5, 5.41) is 0. The molecule has 2 heteroatoms. The summed E-state index contributed by atoms with van der Waals surface area (Å²) in [7, 11) is 0. The first-order chi connectivity index (χ1) is 8.06. The van der Waals surface area contributed by atoms with Crippen LogP contribution >= 0.6 is 0 Å². The lowest BCUT2D eigenvalue weighted by Crippen LogP contribution is -2.31. The fourth-order valence-electron chi connectivity index (χ4n) is 2.15. The molecule has 1 aromatic carbocycles. The van der Waals surface area contributed by atoms with Gasteiger partial charge in [-0.05, 0) is 33.6 Å². The van der Waals surface area contributed by atoms with Gasteiger partial charge in [-0.2, -0.15) is 0 Å². The third-order valence-corrected chi connectivity index (χ3v) is 2.88. The smallest absolute Gasteiger partial charge is 0.131 e. The van der Waals surface area contributed by atoms with E-state index in [1.54, 1.807) is 0 Å². The van der Waals surface area contributed by atoms with E-state index in [0.29, 0.717) is 0 Å². The van der Waals surface area contributed by atoms with Gasteiger partial charge in [-0.3, -0.25) is 4.99 Å². The van der Waals surface area contributed by atoms with Crippen molar-refractivity contribution in [1.82, 2.24) is 4.90 Å². The zero-order valence-corrected chi connectivity index (χ0v) is 11.1. The third kappa shape index (κ3) is 3.32. The summed E-state index contributed by atoms with van der Waals surface area (Å²) in [6.07, 6.45) is 2.58. The molecule has 92 valence electrons. The van der Waals surface area contributed by atoms with Crippen LogP contribution in [0.1, 0.15) is 39.2 Å². The standard InChI is InChI=1S/C15H22N2/c1-15(2,3)16-14(17-11-7-8-12-17)13-9-5-4-6-10-13/h4-6,9-10H,7-8,11-12H2,1-3H3. The van der Waals surface area contributed by atoms with E-state index in [-0.39, 0.29) is 5.54 Å². The van der Waals surface area contributed by atoms with Gasteiger partial charge in [-0.15, -0.1) is 0 Å². The van der Waals surface area contributed by atoms with E-state index in [0.717, 1.165) is 18.9 Å². The Hall–Kier alpha value is -1.31. The number of benzene rings is 1. The number of hydrogen-bond acceptors (Lipinski definition) is 1. The quantitative estimate of drug-likeness (QED) is 0.534. The Bertz CT molecular complexity index is 381. The largest absolute Gasteiger partial charge is 0.356 e. The molecule has 0 saturated carbocycles. The Morgan fingerprint density at radius 1 is 1.06 bits per heavy atom. The van der Waals surface area contributed by atoms with Crippen molar-refractivity contribution in [3.8, 4) is 0 Å². The predicted molar refractivity (Wildman–Crippen MR) is 73.5 cm³/mol. The Morgan fingerprint density at radius 2 is 1.65 bits per heavy atom. The molecule has 1 aliphatic rings. The predicted octanol–water partition coefficient (Wildman–Crippen LogP) is 3.33. The SMILES string of the molecule is CC(C)(C)N=C(c1ccccc1)N1CCCC1. The van der Waals surface area contributed by atoms with E-state index in [2.05, 4.69) is 56.0 Å². The molecule has 2 nitrogen and oxygen atoms in total. The number of rotatable bonds is 1. The normalized spacial score (nSPS) is 17.6. The number of amidine groups is 1. The van der Waals surface area contributed by atoms with Gasteiger partial charge in [0.05, 0.1) is 5.54 Å². The molecule has 2 rings (SSSR count). The number of aliphatic imine (C=N–C) groups is 1. The van der Waals surface area contributed by atoms with Crippen molar-refractivity contribution in [3.63, 3.8) is 0 Å². The molecule has 17 heavy (non-hydrogen) atoms. The molecule has 0 aromatic heterocycles. The molecule has 0 spiro atoms. The van der Waals surface area contributed by atoms with Crippen molar-refractivity contribution in [1.29, 1.82) is 0 Å². The minimum Gasteiger partial charge on any atom is -0.356 e. The Balaban J connectivity index is 2.34. The van der Waals surface area contributed by atoms with Gasteiger partial charge >= 0.3 is 0 Å². The van der Waals surface area contributed by atoms with E-state index in [1.165, 1.54) is 18.4 Å². The van der Waals surface area contributed by atoms with Crippen LogP contribution < -0.4 is 0 Å². The van der Waals surface area contributed by atoms with Gasteiger partial charge in [-0.1, -0.05) is 30.3 Å². The fraction of sp³-hybridized carbons (Fsp3) is 0.533. The lowest BCUT2D eigenvalue weighted by atomic mass is 10.1. The first-order valence-corrected chi connectivity index (χ1v) is 6.46. The van der Waals surface area contributed by atoms with Crippen LogP contribution in [0.25, 0.3) is 0 Å². The second-order valence-electron chi connectivity index (χ2n) is 5.67. The Kier molecular flexibility index (Phi) is 3.51. The van der Waals surface area contributed by atoms with Crippen LogP contribution in [-0.2, 0) is 0 Å². The molecule has 1 aliphatic heterocycles. The molecule has 1 aromatic rings. The summed E-state index contributed by atoms with van der Waals surface area (Å²) in [6.45, 7) is 8.76. The van der Waals surface area contributed by atoms with Gasteiger partial charge in [0, 0.05) is 18.7 Å². The van der Waals surface area contributed by atoms with Crippen LogP contribution in [0, 0.1) is 0 Å². The van der Waals surface area contributed by atoms with E-state index in [4.69, 9.17) is 4.99 Å². The minimum atomic E-state index is -0.0201. The lowest BCUT2D eigenvalue weighted by molar-refractivity contribution is 0.495. The topological polar surface area (TPSA) is 15.6 Å². The molecule has 0 unspecified atom stereocenters. The fourth-order valence-corrected chi connectivity index (χ4v) is 2.15. The average molecular weight is 230 g/mol. The average Bonchev–Trinajstić information content (AvgIpc) is 2.79. The summed E-state index contributed by atoms with van der Waals surface area (Å²) in [5.41, 5.74) is 1.22. The number of likely N-dealkylation sites (tertiary alicyclic amines) is 1. The monoisotopic (exact) mass is 230 g/mol. The van der Waals surface area contributed by atoms with Gasteiger partial charge in [-0.25, -0.2) is 0 Å². The van der Waals surface area contributed by atoms with E-state index in [1.807, 2.05) is 0 Å². The highest BCUT2D eigenvalue weighted by molar-refractivity contribution is 5.99. The molecule has 1 fully saturated rings. The van der Waals surface area contributed by atoms with Crippen molar-refractivity contribution in [3.05, 3.63) is 35.9 Å². The highest BCUT2D eigenvalue weighted by Crippen LogP contribution is 2.17. The first-order valence-electron chi connectivity index (χ1n) is 6.46. The summed E-state index contributed by atoms with van der Waals surface area (Å²) < 4.78 is 0. The second-order valence-corrected chi connectivity index (χ2v) is 5.67. The molecule has 0 amide bonds. The molecule has 0 N–H and O–H groups in total. The van der Waals surface area contributed by atoms with Crippen LogP contribution in [-0.4, -0.2) is 29.4 Å². The molecule has 1 saturated heterocycles. The minimum absolute atomic E-state index is 0.0201. The van der Waals surface area contributed by atoms with Crippen LogP contribution in [0.15, 0.2) is 35.3 Å². The van der Waals surface area contributed by atoms with Crippen LogP contribution in [0.4, 0.5) is 0 Å². The highest BCUT2D eigenvalue weighted by Gasteiger charge is 2.20. The van der Waals surface area contributed by atoms with Gasteiger partial charge in [0.1, 0.15) is 5.84 Å². The molecule has 0 aliphatic carbocycles. The maximum absolute atomic E-state index is 4.90. The van der Waals surface area contributed by atoms with Gasteiger partial charge in [0.2, 0.25) is 0 Å². The van der Waals surface area contributed by atoms with Crippen molar-refractivity contribution in [2.75, 3.05) is 13.1 Å². The van der Waals surface area contributed by atoms with Crippen molar-refractivity contribution < 1.29 is 0 Å². The molecular weight excluding hydrogens is 208 g/mol. The lowest BCUT2D eigenvalue weighted by Gasteiger charge is -2.24. The number of nitrogens with zero attached hydrogens (tertiary/aromatic N) is 2. The first kappa shape index (κ1) is 12.2. The summed E-state index contributed by atoms with van der Waals surface area (Å²) in [6, 6.07) is 10.5. The highest BCUT2D eigenvalue weighted by atomic mass is 15.2. The van der Waals surface area contributed by atoms with Crippen molar-refractivity contribution >= 4 is 5.84 Å². The summed E-state index contributed by atoms with van der Waals surface area (Å²) >= 11 is 0. The molecule has 0 radical (unpaired) electrons. The van der Waals surface area contributed by atoms with Gasteiger partial charge in [0.25, 0.3) is 0 Å². The zero-order chi connectivity index (χ0) is 12.3. The van der Waals surface area contributed by atoms with Crippen LogP contribution in [0.5, 0.6) is 0 Å². The van der Waals surface area contributed by atoms with Crippen LogP contribution in [0.2, 0.25) is 0 Å². The molecular formula is C15H22N2. The van der Waals surface area contributed by atoms with Crippen molar-refractivity contribution in [2.24, 2.45) is 4.99 Å². The zero-order valence-electron chi connectivity index (χ0n) is 11.1. The second kappa shape index (κ2) is 4.91. The molecule has 0 bridgehead atoms. The summed E-state index contributed by atoms with van der Waals surface area (Å²) in [5.74, 6) is 1.16. The maximum atomic E-state index is 4.90. The van der Waals surface area contributed by atoms with E-state index in [9.17, 15) is 0 Å². The number of hydrogen-bond donors (Lipinski definition) is 0. The van der Waals surface area contributed by atoms with E-state index >= 15 is 0 Å². The van der Waals surface area contributed by atoms with Crippen molar-refractivity contribution in [2.45, 2.75) is 39.2 Å². The van der Waals surface area contributed by atoms with Crippen LogP contribution in [0.3, 0.4) is 0 Å². The van der Waals surface area contributed by atoms with Gasteiger partial charge < -0.3 is 4.90 Å². The third-order valence-electron chi connectivity index (χ3n) is 2.88. The van der Waals surface area contributed by atoms with E-state index < -0.39 is 0 Å². The Morgan fingerprint density at radius 3 is 2.18 bits per heavy atom.